The molecule has 0 saturated carbocycles. The van der Waals surface area contributed by atoms with Crippen LogP contribution in [0.15, 0.2) is 146 Å². The van der Waals surface area contributed by atoms with Gasteiger partial charge in [0.25, 0.3) is 0 Å². The molecule has 0 N–H and O–H groups in total. The van der Waals surface area contributed by atoms with Gasteiger partial charge in [0.05, 0.1) is 16.8 Å². The SMILES string of the molecule is Clc1ccc2c(c1)-c1ccccc1C21c2ccc3ccccc3c2N(c2ccccc2)c2c1ccc1ccccc21. The van der Waals surface area contributed by atoms with Gasteiger partial charge in [-0.05, 0) is 68.4 Å². The summed E-state index contributed by atoms with van der Waals surface area (Å²) in [6.45, 7) is 0. The quantitative estimate of drug-likeness (QED) is 0.200. The Bertz CT molecular complexity index is 2090. The van der Waals surface area contributed by atoms with Gasteiger partial charge in [0, 0.05) is 21.5 Å². The van der Waals surface area contributed by atoms with E-state index < -0.39 is 5.41 Å². The molecule has 7 aromatic rings. The standard InChI is InChI=1S/C39H24ClN/c40-27-20-23-34-32(24-27)31-16-8-9-17-33(31)39(34)35-21-18-25-10-4-6-14-29(25)37(35)41(28-12-2-1-3-13-28)38-30-15-7-5-11-26(30)19-22-36(38)39/h1-24H. The normalized spacial score (nSPS) is 14.1. The Morgan fingerprint density at radius 1 is 0.439 bits per heavy atom. The van der Waals surface area contributed by atoms with E-state index in [9.17, 15) is 0 Å². The fourth-order valence-corrected chi connectivity index (χ4v) is 7.70. The monoisotopic (exact) mass is 541 g/mol. The number of benzene rings is 7. The van der Waals surface area contributed by atoms with Crippen LogP contribution in [0.2, 0.25) is 5.02 Å². The Hall–Kier alpha value is -4.85. The first kappa shape index (κ1) is 22.9. The molecule has 1 aliphatic heterocycles. The van der Waals surface area contributed by atoms with E-state index in [2.05, 4.69) is 150 Å². The van der Waals surface area contributed by atoms with Crippen LogP contribution in [0.25, 0.3) is 32.7 Å². The van der Waals surface area contributed by atoms with Crippen LogP contribution < -0.4 is 4.90 Å². The number of hydrogen-bond donors (Lipinski definition) is 0. The van der Waals surface area contributed by atoms with E-state index in [-0.39, 0.29) is 0 Å². The van der Waals surface area contributed by atoms with Gasteiger partial charge in [-0.25, -0.2) is 0 Å². The molecule has 192 valence electrons. The van der Waals surface area contributed by atoms with Crippen molar-refractivity contribution in [3.63, 3.8) is 0 Å². The summed E-state index contributed by atoms with van der Waals surface area (Å²) >= 11 is 6.67. The molecule has 1 aliphatic carbocycles. The average molecular weight is 542 g/mol. The third-order valence-electron chi connectivity index (χ3n) is 9.08. The largest absolute Gasteiger partial charge is 0.309 e. The van der Waals surface area contributed by atoms with Crippen LogP contribution in [0.1, 0.15) is 22.3 Å². The smallest absolute Gasteiger partial charge is 0.0754 e. The van der Waals surface area contributed by atoms with Crippen molar-refractivity contribution >= 4 is 50.2 Å². The minimum absolute atomic E-state index is 0.499. The molecule has 2 heteroatoms. The maximum absolute atomic E-state index is 6.67. The number of halogens is 1. The van der Waals surface area contributed by atoms with E-state index in [1.165, 1.54) is 66.3 Å². The maximum atomic E-state index is 6.67. The van der Waals surface area contributed by atoms with E-state index in [0.29, 0.717) is 0 Å². The van der Waals surface area contributed by atoms with Gasteiger partial charge in [0.15, 0.2) is 0 Å². The zero-order valence-corrected chi connectivity index (χ0v) is 22.9. The van der Waals surface area contributed by atoms with Gasteiger partial charge in [0.1, 0.15) is 0 Å². The highest BCUT2D eigenvalue weighted by Crippen LogP contribution is 2.65. The molecule has 1 spiro atoms. The van der Waals surface area contributed by atoms with E-state index in [1.807, 2.05) is 0 Å². The minimum atomic E-state index is -0.499. The first-order valence-electron chi connectivity index (χ1n) is 14.1. The number of para-hydroxylation sites is 1. The highest BCUT2D eigenvalue weighted by Gasteiger charge is 2.52. The fraction of sp³-hybridized carbons (Fsp3) is 0.0256. The summed E-state index contributed by atoms with van der Waals surface area (Å²) in [5.74, 6) is 0. The minimum Gasteiger partial charge on any atom is -0.309 e. The lowest BCUT2D eigenvalue weighted by molar-refractivity contribution is 0.756. The molecule has 41 heavy (non-hydrogen) atoms. The van der Waals surface area contributed by atoms with Crippen molar-refractivity contribution in [2.45, 2.75) is 5.41 Å². The van der Waals surface area contributed by atoms with Gasteiger partial charge < -0.3 is 4.90 Å². The van der Waals surface area contributed by atoms with Crippen LogP contribution in [-0.4, -0.2) is 0 Å². The summed E-state index contributed by atoms with van der Waals surface area (Å²) in [6, 6.07) is 53.1. The molecule has 1 heterocycles. The third-order valence-corrected chi connectivity index (χ3v) is 9.31. The number of rotatable bonds is 1. The van der Waals surface area contributed by atoms with Crippen LogP contribution in [0.5, 0.6) is 0 Å². The number of nitrogens with zero attached hydrogens (tertiary/aromatic N) is 1. The summed E-state index contributed by atoms with van der Waals surface area (Å²) < 4.78 is 0. The summed E-state index contributed by atoms with van der Waals surface area (Å²) in [7, 11) is 0. The van der Waals surface area contributed by atoms with Crippen LogP contribution in [0.3, 0.4) is 0 Å². The molecule has 1 nitrogen and oxygen atoms in total. The molecule has 9 rings (SSSR count). The molecule has 0 saturated heterocycles. The van der Waals surface area contributed by atoms with E-state index in [0.717, 1.165) is 10.7 Å². The second kappa shape index (κ2) is 8.33. The molecule has 0 fully saturated rings. The summed E-state index contributed by atoms with van der Waals surface area (Å²) in [6.07, 6.45) is 0. The molecule has 0 amide bonds. The van der Waals surface area contributed by atoms with Gasteiger partial charge in [-0.3, -0.25) is 0 Å². The highest BCUT2D eigenvalue weighted by molar-refractivity contribution is 6.31. The predicted molar refractivity (Wildman–Crippen MR) is 172 cm³/mol. The second-order valence-corrected chi connectivity index (χ2v) is 11.5. The Morgan fingerprint density at radius 2 is 0.976 bits per heavy atom. The number of anilines is 3. The number of fused-ring (bicyclic) bond motifs is 13. The summed E-state index contributed by atoms with van der Waals surface area (Å²) in [5, 5.41) is 5.70. The summed E-state index contributed by atoms with van der Waals surface area (Å²) in [4.78, 5) is 2.51. The zero-order valence-electron chi connectivity index (χ0n) is 22.2. The second-order valence-electron chi connectivity index (χ2n) is 11.0. The van der Waals surface area contributed by atoms with Crippen molar-refractivity contribution in [2.75, 3.05) is 4.90 Å². The van der Waals surface area contributed by atoms with Crippen LogP contribution in [-0.2, 0) is 5.41 Å². The van der Waals surface area contributed by atoms with Gasteiger partial charge in [0.2, 0.25) is 0 Å². The molecule has 0 radical (unpaired) electrons. The average Bonchev–Trinajstić information content (AvgIpc) is 3.31. The lowest BCUT2D eigenvalue weighted by atomic mass is 9.64. The Kier molecular flexibility index (Phi) is 4.66. The van der Waals surface area contributed by atoms with E-state index >= 15 is 0 Å². The first-order valence-corrected chi connectivity index (χ1v) is 14.4. The highest BCUT2D eigenvalue weighted by atomic mass is 35.5. The van der Waals surface area contributed by atoms with Crippen molar-refractivity contribution in [3.05, 3.63) is 173 Å². The van der Waals surface area contributed by atoms with Crippen molar-refractivity contribution in [3.8, 4) is 11.1 Å². The van der Waals surface area contributed by atoms with Crippen LogP contribution >= 0.6 is 11.6 Å². The molecule has 7 aromatic carbocycles. The Balaban J connectivity index is 1.56. The first-order chi connectivity index (χ1) is 20.3. The maximum Gasteiger partial charge on any atom is 0.0754 e. The molecular weight excluding hydrogens is 518 g/mol. The lowest BCUT2D eigenvalue weighted by Crippen LogP contribution is -2.36. The van der Waals surface area contributed by atoms with Gasteiger partial charge in [-0.2, -0.15) is 0 Å². The van der Waals surface area contributed by atoms with Gasteiger partial charge in [-0.15, -0.1) is 0 Å². The molecule has 0 aromatic heterocycles. The van der Waals surface area contributed by atoms with E-state index in [1.54, 1.807) is 0 Å². The molecular formula is C39H24ClN. The third kappa shape index (κ3) is 2.91. The Labute approximate surface area is 243 Å². The molecule has 0 atom stereocenters. The predicted octanol–water partition coefficient (Wildman–Crippen LogP) is 10.8. The van der Waals surface area contributed by atoms with Gasteiger partial charge >= 0.3 is 0 Å². The van der Waals surface area contributed by atoms with Crippen molar-refractivity contribution in [2.24, 2.45) is 0 Å². The molecule has 0 bridgehead atoms. The van der Waals surface area contributed by atoms with E-state index in [4.69, 9.17) is 11.6 Å². The molecule has 0 unspecified atom stereocenters. The van der Waals surface area contributed by atoms with Crippen LogP contribution in [0.4, 0.5) is 17.1 Å². The summed E-state index contributed by atoms with van der Waals surface area (Å²) in [5.41, 5.74) is 10.7. The van der Waals surface area contributed by atoms with Crippen molar-refractivity contribution < 1.29 is 0 Å². The lowest BCUT2D eigenvalue weighted by Gasteiger charge is -2.46. The molecule has 2 aliphatic rings. The van der Waals surface area contributed by atoms with Crippen molar-refractivity contribution in [1.29, 1.82) is 0 Å². The number of hydrogen-bond acceptors (Lipinski definition) is 1. The Morgan fingerprint density at radius 3 is 1.66 bits per heavy atom. The fourth-order valence-electron chi connectivity index (χ4n) is 7.53. The van der Waals surface area contributed by atoms with Crippen LogP contribution in [0, 0.1) is 0 Å². The zero-order chi connectivity index (χ0) is 27.1. The topological polar surface area (TPSA) is 3.24 Å². The van der Waals surface area contributed by atoms with Crippen molar-refractivity contribution in [1.82, 2.24) is 0 Å². The van der Waals surface area contributed by atoms with Gasteiger partial charge in [-0.1, -0.05) is 133 Å².